The maximum atomic E-state index is 13.0. The number of hydrogen-bond acceptors (Lipinski definition) is 5. The van der Waals surface area contributed by atoms with Gasteiger partial charge in [0.2, 0.25) is 0 Å². The number of nitrogens with two attached hydrogens (primary N) is 1. The van der Waals surface area contributed by atoms with E-state index < -0.39 is 15.9 Å². The van der Waals surface area contributed by atoms with Crippen LogP contribution in [0.25, 0.3) is 11.3 Å². The molecule has 0 aliphatic heterocycles. The van der Waals surface area contributed by atoms with Crippen LogP contribution in [0.1, 0.15) is 42.4 Å². The van der Waals surface area contributed by atoms with Crippen molar-refractivity contribution in [2.75, 3.05) is 5.73 Å². The number of carbonyl (C=O) groups excluding carboxylic acids is 1. The number of amides is 1. The zero-order valence-electron chi connectivity index (χ0n) is 17.4. The first-order chi connectivity index (χ1) is 14.0. The molecule has 7 heteroatoms. The summed E-state index contributed by atoms with van der Waals surface area (Å²) in [5.74, 6) is -0.747. The third-order valence-electron chi connectivity index (χ3n) is 4.70. The second-order valence-electron chi connectivity index (χ2n) is 8.16. The van der Waals surface area contributed by atoms with E-state index in [0.717, 1.165) is 16.8 Å². The molecule has 30 heavy (non-hydrogen) atoms. The summed E-state index contributed by atoms with van der Waals surface area (Å²) in [7, 11) is -4.09. The van der Waals surface area contributed by atoms with E-state index in [9.17, 15) is 13.2 Å². The minimum atomic E-state index is -4.09. The lowest BCUT2D eigenvalue weighted by Gasteiger charge is -2.20. The van der Waals surface area contributed by atoms with Crippen molar-refractivity contribution in [3.05, 3.63) is 77.5 Å². The normalized spacial score (nSPS) is 11.9. The monoisotopic (exact) mass is 423 g/mol. The molecule has 0 saturated heterocycles. The van der Waals surface area contributed by atoms with Crippen LogP contribution in [0.5, 0.6) is 0 Å². The van der Waals surface area contributed by atoms with Gasteiger partial charge >= 0.3 is 0 Å². The van der Waals surface area contributed by atoms with Crippen LogP contribution in [0.3, 0.4) is 0 Å². The van der Waals surface area contributed by atoms with Gasteiger partial charge in [-0.2, -0.15) is 0 Å². The van der Waals surface area contributed by atoms with Crippen molar-refractivity contribution in [2.45, 2.75) is 38.0 Å². The predicted molar refractivity (Wildman–Crippen MR) is 119 cm³/mol. The van der Waals surface area contributed by atoms with Gasteiger partial charge < -0.3 is 5.73 Å². The van der Waals surface area contributed by atoms with Crippen LogP contribution < -0.4 is 10.5 Å². The summed E-state index contributed by atoms with van der Waals surface area (Å²) < 4.78 is 27.5. The standard InChI is InChI=1S/C23H25N3O3S/c1-15-8-5-6-11-18(15)21-19(12-13-20(25-21)23(2,3)4)22(27)26-30(28,29)17-10-7-9-16(24)14-17/h5-14H,24H2,1-4H3,(H,26,27). The molecule has 1 heterocycles. The number of nitrogen functional groups attached to an aromatic ring is 1. The average Bonchev–Trinajstić information content (AvgIpc) is 2.67. The number of sulfonamides is 1. The molecule has 3 aromatic rings. The fraction of sp³-hybridized carbons (Fsp3) is 0.217. The first-order valence-corrected chi connectivity index (χ1v) is 11.0. The summed E-state index contributed by atoms with van der Waals surface area (Å²) in [6, 6.07) is 16.7. The molecule has 0 aliphatic rings. The molecule has 1 amide bonds. The van der Waals surface area contributed by atoms with Crippen LogP contribution in [0.4, 0.5) is 5.69 Å². The second kappa shape index (κ2) is 7.91. The number of carbonyl (C=O) groups is 1. The highest BCUT2D eigenvalue weighted by Crippen LogP contribution is 2.29. The Morgan fingerprint density at radius 1 is 1.00 bits per heavy atom. The molecule has 0 bridgehead atoms. The van der Waals surface area contributed by atoms with E-state index in [4.69, 9.17) is 10.7 Å². The van der Waals surface area contributed by atoms with Crippen molar-refractivity contribution in [1.82, 2.24) is 9.71 Å². The van der Waals surface area contributed by atoms with E-state index in [1.54, 1.807) is 18.2 Å². The zero-order valence-corrected chi connectivity index (χ0v) is 18.2. The topological polar surface area (TPSA) is 102 Å². The Morgan fingerprint density at radius 3 is 2.33 bits per heavy atom. The van der Waals surface area contributed by atoms with Crippen LogP contribution in [0.2, 0.25) is 0 Å². The van der Waals surface area contributed by atoms with Gasteiger partial charge in [-0.3, -0.25) is 9.78 Å². The van der Waals surface area contributed by atoms with Gasteiger partial charge in [0.25, 0.3) is 15.9 Å². The minimum Gasteiger partial charge on any atom is -0.399 e. The highest BCUT2D eigenvalue weighted by Gasteiger charge is 2.25. The van der Waals surface area contributed by atoms with Crippen molar-refractivity contribution >= 4 is 21.6 Å². The number of pyridine rings is 1. The first-order valence-electron chi connectivity index (χ1n) is 9.49. The van der Waals surface area contributed by atoms with Gasteiger partial charge in [0.05, 0.1) is 16.2 Å². The van der Waals surface area contributed by atoms with Gasteiger partial charge in [0, 0.05) is 22.4 Å². The van der Waals surface area contributed by atoms with Crippen LogP contribution in [-0.4, -0.2) is 19.3 Å². The average molecular weight is 424 g/mol. The summed E-state index contributed by atoms with van der Waals surface area (Å²) in [4.78, 5) is 17.7. The number of nitrogens with zero attached hydrogens (tertiary/aromatic N) is 1. The first kappa shape index (κ1) is 21.5. The van der Waals surface area contributed by atoms with E-state index in [1.165, 1.54) is 18.2 Å². The Labute approximate surface area is 177 Å². The van der Waals surface area contributed by atoms with Gasteiger partial charge in [-0.25, -0.2) is 13.1 Å². The molecular formula is C23H25N3O3S. The summed E-state index contributed by atoms with van der Waals surface area (Å²) >= 11 is 0. The quantitative estimate of drug-likeness (QED) is 0.616. The Bertz CT molecular complexity index is 1210. The number of anilines is 1. The highest BCUT2D eigenvalue weighted by atomic mass is 32.2. The molecule has 1 aromatic heterocycles. The van der Waals surface area contributed by atoms with Crippen LogP contribution >= 0.6 is 0 Å². The summed E-state index contributed by atoms with van der Waals surface area (Å²) in [5.41, 5.74) is 8.88. The number of aromatic nitrogens is 1. The molecule has 0 radical (unpaired) electrons. The Balaban J connectivity index is 2.09. The SMILES string of the molecule is Cc1ccccc1-c1nc(C(C)(C)C)ccc1C(=O)NS(=O)(=O)c1cccc(N)c1. The number of aryl methyl sites for hydroxylation is 1. The highest BCUT2D eigenvalue weighted by molar-refractivity contribution is 7.90. The van der Waals surface area contributed by atoms with Crippen molar-refractivity contribution in [1.29, 1.82) is 0 Å². The van der Waals surface area contributed by atoms with E-state index in [1.807, 2.05) is 52.0 Å². The van der Waals surface area contributed by atoms with E-state index in [0.29, 0.717) is 11.4 Å². The van der Waals surface area contributed by atoms with Gasteiger partial charge in [0.15, 0.2) is 0 Å². The van der Waals surface area contributed by atoms with Gasteiger partial charge in [0.1, 0.15) is 0 Å². The predicted octanol–water partition coefficient (Wildman–Crippen LogP) is 4.06. The number of nitrogens with one attached hydrogen (secondary N) is 1. The lowest BCUT2D eigenvalue weighted by Crippen LogP contribution is -2.31. The van der Waals surface area contributed by atoms with Crippen molar-refractivity contribution < 1.29 is 13.2 Å². The van der Waals surface area contributed by atoms with E-state index in [-0.39, 0.29) is 15.9 Å². The van der Waals surface area contributed by atoms with Crippen LogP contribution in [0, 0.1) is 6.92 Å². The van der Waals surface area contributed by atoms with Crippen molar-refractivity contribution in [3.8, 4) is 11.3 Å². The fourth-order valence-electron chi connectivity index (χ4n) is 3.02. The number of hydrogen-bond donors (Lipinski definition) is 2. The Morgan fingerprint density at radius 2 is 1.70 bits per heavy atom. The molecule has 6 nitrogen and oxygen atoms in total. The molecule has 3 rings (SSSR count). The van der Waals surface area contributed by atoms with E-state index >= 15 is 0 Å². The molecule has 0 unspecified atom stereocenters. The summed E-state index contributed by atoms with van der Waals surface area (Å²) in [6.45, 7) is 8.01. The maximum absolute atomic E-state index is 13.0. The smallest absolute Gasteiger partial charge is 0.267 e. The molecule has 0 fully saturated rings. The van der Waals surface area contributed by atoms with Gasteiger partial charge in [-0.1, -0.05) is 51.1 Å². The largest absolute Gasteiger partial charge is 0.399 e. The molecule has 0 atom stereocenters. The zero-order chi connectivity index (χ0) is 22.1. The summed E-state index contributed by atoms with van der Waals surface area (Å²) in [5, 5.41) is 0. The van der Waals surface area contributed by atoms with Gasteiger partial charge in [-0.05, 0) is 42.8 Å². The fourth-order valence-corrected chi connectivity index (χ4v) is 4.04. The Kier molecular flexibility index (Phi) is 5.67. The van der Waals surface area contributed by atoms with Crippen molar-refractivity contribution in [3.63, 3.8) is 0 Å². The maximum Gasteiger partial charge on any atom is 0.267 e. The molecule has 156 valence electrons. The summed E-state index contributed by atoms with van der Waals surface area (Å²) in [6.07, 6.45) is 0. The van der Waals surface area contributed by atoms with Crippen LogP contribution in [-0.2, 0) is 15.4 Å². The van der Waals surface area contributed by atoms with Gasteiger partial charge in [-0.15, -0.1) is 0 Å². The minimum absolute atomic E-state index is 0.0763. The molecule has 0 spiro atoms. The number of rotatable bonds is 4. The molecule has 0 aliphatic carbocycles. The third-order valence-corrected chi connectivity index (χ3v) is 6.03. The second-order valence-corrected chi connectivity index (χ2v) is 9.85. The lowest BCUT2D eigenvalue weighted by atomic mass is 9.90. The molecule has 2 aromatic carbocycles. The van der Waals surface area contributed by atoms with Crippen LogP contribution in [0.15, 0.2) is 65.6 Å². The molecular weight excluding hydrogens is 398 g/mol. The van der Waals surface area contributed by atoms with E-state index in [2.05, 4.69) is 4.72 Å². The molecule has 3 N–H and O–H groups in total. The Hall–Kier alpha value is -3.19. The van der Waals surface area contributed by atoms with Crippen molar-refractivity contribution in [2.24, 2.45) is 0 Å². The number of benzene rings is 2. The third kappa shape index (κ3) is 4.52. The molecule has 0 saturated carbocycles. The lowest BCUT2D eigenvalue weighted by molar-refractivity contribution is 0.0981.